The van der Waals surface area contributed by atoms with Crippen LogP contribution in [0.15, 0.2) is 97.8 Å². The highest BCUT2D eigenvalue weighted by Crippen LogP contribution is 2.29. The van der Waals surface area contributed by atoms with Gasteiger partial charge in [-0.05, 0) is 42.5 Å². The van der Waals surface area contributed by atoms with E-state index in [1.165, 1.54) is 11.6 Å². The second-order valence-electron chi connectivity index (χ2n) is 8.10. The summed E-state index contributed by atoms with van der Waals surface area (Å²) in [6.45, 7) is 1.50. The zero-order valence-electron chi connectivity index (χ0n) is 18.5. The van der Waals surface area contributed by atoms with Crippen molar-refractivity contribution in [3.05, 3.63) is 99.4 Å². The van der Waals surface area contributed by atoms with E-state index in [0.29, 0.717) is 27.8 Å². The summed E-state index contributed by atoms with van der Waals surface area (Å²) in [6.07, 6.45) is 3.29. The lowest BCUT2D eigenvalue weighted by molar-refractivity contribution is 0.0941. The highest BCUT2D eigenvalue weighted by molar-refractivity contribution is 9.10. The van der Waals surface area contributed by atoms with Gasteiger partial charge in [-0.1, -0.05) is 46.3 Å². The Morgan fingerprint density at radius 1 is 1.03 bits per heavy atom. The van der Waals surface area contributed by atoms with E-state index in [1.54, 1.807) is 35.2 Å². The van der Waals surface area contributed by atoms with Crippen molar-refractivity contribution in [2.24, 2.45) is 5.10 Å². The normalized spacial score (nSPS) is 11.8. The molecule has 6 aromatic rings. The smallest absolute Gasteiger partial charge is 0.282 e. The van der Waals surface area contributed by atoms with E-state index in [1.807, 2.05) is 54.6 Å². The molecule has 0 aliphatic carbocycles. The van der Waals surface area contributed by atoms with Gasteiger partial charge in [0.1, 0.15) is 5.58 Å². The molecule has 3 aromatic carbocycles. The van der Waals surface area contributed by atoms with Crippen LogP contribution in [0.5, 0.6) is 0 Å². The van der Waals surface area contributed by atoms with Crippen LogP contribution in [0.25, 0.3) is 44.4 Å². The van der Waals surface area contributed by atoms with Gasteiger partial charge in [-0.3, -0.25) is 14.2 Å². The summed E-state index contributed by atoms with van der Waals surface area (Å²) < 4.78 is 9.77. The number of fused-ring (bicyclic) bond motifs is 3. The van der Waals surface area contributed by atoms with Crippen molar-refractivity contribution in [3.63, 3.8) is 0 Å². The molecule has 0 atom stereocenters. The first-order valence-electron chi connectivity index (χ1n) is 10.9. The van der Waals surface area contributed by atoms with Gasteiger partial charge < -0.3 is 4.42 Å². The molecule has 0 amide bonds. The Hall–Kier alpha value is -4.30. The number of hydrogen-bond acceptors (Lipinski definition) is 5. The van der Waals surface area contributed by atoms with Crippen LogP contribution >= 0.6 is 15.9 Å². The van der Waals surface area contributed by atoms with E-state index < -0.39 is 0 Å². The summed E-state index contributed by atoms with van der Waals surface area (Å²) in [7, 11) is 0. The number of benzene rings is 3. The van der Waals surface area contributed by atoms with E-state index in [-0.39, 0.29) is 17.3 Å². The van der Waals surface area contributed by atoms with E-state index in [0.717, 1.165) is 20.8 Å². The minimum absolute atomic E-state index is 0.112. The monoisotopic (exact) mass is 524 g/mol. The number of carbonyl (C=O) groups is 1. The third-order valence-corrected chi connectivity index (χ3v) is 6.34. The predicted octanol–water partition coefficient (Wildman–Crippen LogP) is 6.07. The highest BCUT2D eigenvalue weighted by atomic mass is 79.9. The van der Waals surface area contributed by atoms with Gasteiger partial charge in [0, 0.05) is 33.9 Å². The lowest BCUT2D eigenvalue weighted by Crippen LogP contribution is -2.20. The van der Waals surface area contributed by atoms with Crippen LogP contribution in [0.2, 0.25) is 0 Å². The second kappa shape index (κ2) is 8.18. The first-order chi connectivity index (χ1) is 17.0. The molecule has 0 N–H and O–H groups in total. The van der Waals surface area contributed by atoms with Crippen molar-refractivity contribution in [2.75, 3.05) is 0 Å². The average molecular weight is 525 g/mol. The molecule has 6 rings (SSSR count). The molecule has 0 unspecified atom stereocenters. The Kier molecular flexibility index (Phi) is 4.96. The summed E-state index contributed by atoms with van der Waals surface area (Å²) in [4.78, 5) is 30.3. The Bertz CT molecular complexity index is 1880. The van der Waals surface area contributed by atoms with E-state index in [4.69, 9.17) is 9.40 Å². The molecule has 0 radical (unpaired) electrons. The summed E-state index contributed by atoms with van der Waals surface area (Å²) in [6, 6.07) is 22.2. The molecule has 3 aromatic heterocycles. The maximum absolute atomic E-state index is 13.5. The molecule has 0 saturated heterocycles. The summed E-state index contributed by atoms with van der Waals surface area (Å²) in [5.74, 6) is 0.594. The van der Waals surface area contributed by atoms with Crippen LogP contribution in [0, 0.1) is 0 Å². The number of nitrogens with zero attached hydrogens (tertiary/aromatic N) is 4. The molecule has 0 saturated carbocycles. The molecule has 35 heavy (non-hydrogen) atoms. The molecule has 0 bridgehead atoms. The Labute approximate surface area is 207 Å². The second-order valence-corrected chi connectivity index (χ2v) is 9.01. The molecule has 3 heterocycles. The number of hydrogen-bond donors (Lipinski definition) is 0. The standard InChI is InChI=1S/C27H17BrN4O3/c1-16(33)31-15-18(20-6-3-5-9-23(20)31)14-29-32-26(30-22-8-4-2-7-21(22)27(32)34)25-13-17-12-19(28)10-11-24(17)35-25/h2-15H,1H3. The molecule has 8 heteroatoms. The van der Waals surface area contributed by atoms with Gasteiger partial charge in [-0.25, -0.2) is 4.98 Å². The van der Waals surface area contributed by atoms with E-state index in [2.05, 4.69) is 21.0 Å². The third kappa shape index (κ3) is 3.59. The van der Waals surface area contributed by atoms with Crippen LogP contribution in [0.4, 0.5) is 0 Å². The molecule has 0 spiro atoms. The Balaban J connectivity index is 1.58. The SMILES string of the molecule is CC(=O)n1cc(C=Nn2c(-c3cc4cc(Br)ccc4o3)nc3ccccc3c2=O)c2ccccc21. The molecule has 0 aliphatic heterocycles. The highest BCUT2D eigenvalue weighted by Gasteiger charge is 2.17. The number of halogens is 1. The summed E-state index contributed by atoms with van der Waals surface area (Å²) >= 11 is 3.48. The largest absolute Gasteiger partial charge is 0.453 e. The first kappa shape index (κ1) is 21.2. The molecule has 0 fully saturated rings. The van der Waals surface area contributed by atoms with Crippen molar-refractivity contribution in [2.45, 2.75) is 6.92 Å². The quantitative estimate of drug-likeness (QED) is 0.263. The fourth-order valence-electron chi connectivity index (χ4n) is 4.20. The minimum atomic E-state index is -0.321. The number of aromatic nitrogens is 3. The zero-order chi connectivity index (χ0) is 24.1. The molecular weight excluding hydrogens is 508 g/mol. The fourth-order valence-corrected chi connectivity index (χ4v) is 4.58. The van der Waals surface area contributed by atoms with Crippen LogP contribution in [0.3, 0.4) is 0 Å². The maximum Gasteiger partial charge on any atom is 0.282 e. The Morgan fingerprint density at radius 2 is 1.80 bits per heavy atom. The molecule has 170 valence electrons. The maximum atomic E-state index is 13.5. The van der Waals surface area contributed by atoms with Gasteiger partial charge in [0.2, 0.25) is 11.7 Å². The van der Waals surface area contributed by atoms with Crippen LogP contribution in [-0.4, -0.2) is 26.3 Å². The van der Waals surface area contributed by atoms with Crippen LogP contribution in [-0.2, 0) is 0 Å². The van der Waals surface area contributed by atoms with Crippen molar-refractivity contribution in [1.82, 2.24) is 14.2 Å². The topological polar surface area (TPSA) is 82.4 Å². The van der Waals surface area contributed by atoms with E-state index in [9.17, 15) is 9.59 Å². The van der Waals surface area contributed by atoms with Crippen molar-refractivity contribution >= 4 is 60.8 Å². The lowest BCUT2D eigenvalue weighted by Gasteiger charge is -2.07. The van der Waals surface area contributed by atoms with E-state index >= 15 is 0 Å². The van der Waals surface area contributed by atoms with Crippen molar-refractivity contribution < 1.29 is 9.21 Å². The number of rotatable bonds is 3. The molecule has 0 aliphatic rings. The van der Waals surface area contributed by atoms with Gasteiger partial charge in [-0.15, -0.1) is 0 Å². The third-order valence-electron chi connectivity index (χ3n) is 5.85. The Morgan fingerprint density at radius 3 is 2.63 bits per heavy atom. The van der Waals surface area contributed by atoms with Crippen molar-refractivity contribution in [3.8, 4) is 11.6 Å². The number of carbonyl (C=O) groups excluding carboxylic acids is 1. The summed E-state index contributed by atoms with van der Waals surface area (Å²) in [5.41, 5.74) is 2.38. The average Bonchev–Trinajstić information content (AvgIpc) is 3.45. The fraction of sp³-hybridized carbons (Fsp3) is 0.0370. The van der Waals surface area contributed by atoms with Crippen LogP contribution < -0.4 is 5.56 Å². The minimum Gasteiger partial charge on any atom is -0.453 e. The number of para-hydroxylation sites is 2. The zero-order valence-corrected chi connectivity index (χ0v) is 20.1. The molecular formula is C27H17BrN4O3. The first-order valence-corrected chi connectivity index (χ1v) is 11.7. The predicted molar refractivity (Wildman–Crippen MR) is 140 cm³/mol. The van der Waals surface area contributed by atoms with Crippen LogP contribution in [0.1, 0.15) is 17.3 Å². The van der Waals surface area contributed by atoms with Gasteiger partial charge in [0.25, 0.3) is 5.56 Å². The van der Waals surface area contributed by atoms with Gasteiger partial charge >= 0.3 is 0 Å². The van der Waals surface area contributed by atoms with Gasteiger partial charge in [0.05, 0.1) is 22.6 Å². The van der Waals surface area contributed by atoms with Crippen molar-refractivity contribution in [1.29, 1.82) is 0 Å². The number of furan rings is 1. The van der Waals surface area contributed by atoms with Gasteiger partial charge in [-0.2, -0.15) is 9.78 Å². The summed E-state index contributed by atoms with van der Waals surface area (Å²) in [5, 5.41) is 6.70. The van der Waals surface area contributed by atoms with Gasteiger partial charge in [0.15, 0.2) is 5.76 Å². The lowest BCUT2D eigenvalue weighted by atomic mass is 10.2. The molecule has 7 nitrogen and oxygen atoms in total.